The molecule has 0 unspecified atom stereocenters. The third kappa shape index (κ3) is 4.71. The van der Waals surface area contributed by atoms with Crippen LogP contribution >= 0.6 is 11.6 Å². The van der Waals surface area contributed by atoms with E-state index in [2.05, 4.69) is 10.0 Å². The van der Waals surface area contributed by atoms with Crippen molar-refractivity contribution in [2.75, 3.05) is 10.0 Å². The van der Waals surface area contributed by atoms with E-state index in [1.807, 2.05) is 0 Å². The lowest BCUT2D eigenvalue weighted by molar-refractivity contribution is -0.118. The molecule has 0 bridgehead atoms. The van der Waals surface area contributed by atoms with Gasteiger partial charge in [0.25, 0.3) is 10.0 Å². The average molecular weight is 353 g/mol. The molecule has 0 fully saturated rings. The van der Waals surface area contributed by atoms with Crippen molar-refractivity contribution in [1.82, 2.24) is 0 Å². The lowest BCUT2D eigenvalue weighted by atomic mass is 10.2. The summed E-state index contributed by atoms with van der Waals surface area (Å²) in [6, 6.07) is 12.3. The molecule has 0 saturated carbocycles. The van der Waals surface area contributed by atoms with Gasteiger partial charge in [-0.1, -0.05) is 25.4 Å². The first-order chi connectivity index (χ1) is 10.8. The lowest BCUT2D eigenvalue weighted by Crippen LogP contribution is -2.17. The highest BCUT2D eigenvalue weighted by Gasteiger charge is 2.14. The Morgan fingerprint density at radius 3 is 2.00 bits per heavy atom. The number of amides is 1. The SMILES string of the molecule is CC(C)C(=O)Nc1ccc(NS(=O)(=O)c2ccc(Cl)cc2)cc1. The molecule has 2 N–H and O–H groups in total. The second-order valence-corrected chi connectivity index (χ2v) is 7.40. The first kappa shape index (κ1) is 17.3. The van der Waals surface area contributed by atoms with Crippen molar-refractivity contribution in [2.45, 2.75) is 18.7 Å². The summed E-state index contributed by atoms with van der Waals surface area (Å²) in [5, 5.41) is 3.21. The molecule has 23 heavy (non-hydrogen) atoms. The summed E-state index contributed by atoms with van der Waals surface area (Å²) in [6.07, 6.45) is 0. The zero-order valence-corrected chi connectivity index (χ0v) is 14.3. The van der Waals surface area contributed by atoms with E-state index in [1.165, 1.54) is 24.3 Å². The van der Waals surface area contributed by atoms with Gasteiger partial charge in [0.05, 0.1) is 4.90 Å². The maximum atomic E-state index is 12.2. The fraction of sp³-hybridized carbons (Fsp3) is 0.188. The highest BCUT2D eigenvalue weighted by atomic mass is 35.5. The van der Waals surface area contributed by atoms with Crippen LogP contribution in [-0.2, 0) is 14.8 Å². The molecule has 2 aromatic carbocycles. The van der Waals surface area contributed by atoms with Crippen molar-refractivity contribution >= 4 is 38.9 Å². The molecular formula is C16H17ClN2O3S. The number of hydrogen-bond donors (Lipinski definition) is 2. The predicted molar refractivity (Wildman–Crippen MR) is 92.2 cm³/mol. The van der Waals surface area contributed by atoms with Crippen molar-refractivity contribution in [1.29, 1.82) is 0 Å². The molecule has 0 aliphatic carbocycles. The fourth-order valence-corrected chi connectivity index (χ4v) is 2.92. The summed E-state index contributed by atoms with van der Waals surface area (Å²) in [6.45, 7) is 3.59. The van der Waals surface area contributed by atoms with Gasteiger partial charge < -0.3 is 5.32 Å². The molecule has 122 valence electrons. The topological polar surface area (TPSA) is 75.3 Å². The number of carbonyl (C=O) groups is 1. The summed E-state index contributed by atoms with van der Waals surface area (Å²) in [4.78, 5) is 11.7. The van der Waals surface area contributed by atoms with Crippen molar-refractivity contribution in [3.05, 3.63) is 53.6 Å². The molecule has 1 amide bonds. The normalized spacial score (nSPS) is 11.3. The lowest BCUT2D eigenvalue weighted by Gasteiger charge is -2.10. The Balaban J connectivity index is 2.11. The van der Waals surface area contributed by atoms with Crippen LogP contribution in [0.4, 0.5) is 11.4 Å². The second-order valence-electron chi connectivity index (χ2n) is 5.28. The van der Waals surface area contributed by atoms with E-state index >= 15 is 0 Å². The van der Waals surface area contributed by atoms with Gasteiger partial charge in [-0.15, -0.1) is 0 Å². The maximum absolute atomic E-state index is 12.2. The number of nitrogens with one attached hydrogen (secondary N) is 2. The molecule has 7 heteroatoms. The number of anilines is 2. The molecular weight excluding hydrogens is 336 g/mol. The summed E-state index contributed by atoms with van der Waals surface area (Å²) in [7, 11) is -3.68. The van der Waals surface area contributed by atoms with Crippen LogP contribution in [-0.4, -0.2) is 14.3 Å². The van der Waals surface area contributed by atoms with E-state index < -0.39 is 10.0 Å². The van der Waals surface area contributed by atoms with E-state index in [1.54, 1.807) is 38.1 Å². The highest BCUT2D eigenvalue weighted by molar-refractivity contribution is 7.92. The molecule has 0 aliphatic rings. The largest absolute Gasteiger partial charge is 0.326 e. The van der Waals surface area contributed by atoms with E-state index in [-0.39, 0.29) is 16.7 Å². The Bertz CT molecular complexity index is 785. The Morgan fingerprint density at radius 1 is 0.957 bits per heavy atom. The molecule has 0 radical (unpaired) electrons. The monoisotopic (exact) mass is 352 g/mol. The van der Waals surface area contributed by atoms with Gasteiger partial charge in [0.15, 0.2) is 0 Å². The van der Waals surface area contributed by atoms with Crippen LogP contribution < -0.4 is 10.0 Å². The Hall–Kier alpha value is -2.05. The van der Waals surface area contributed by atoms with Crippen LogP contribution in [0.25, 0.3) is 0 Å². The van der Waals surface area contributed by atoms with E-state index in [4.69, 9.17) is 11.6 Å². The molecule has 0 heterocycles. The van der Waals surface area contributed by atoms with Crippen LogP contribution in [0, 0.1) is 5.92 Å². The molecule has 2 aromatic rings. The number of halogens is 1. The first-order valence-electron chi connectivity index (χ1n) is 6.97. The van der Waals surface area contributed by atoms with Gasteiger partial charge in [-0.05, 0) is 48.5 Å². The number of benzene rings is 2. The third-order valence-electron chi connectivity index (χ3n) is 3.05. The molecule has 5 nitrogen and oxygen atoms in total. The van der Waals surface area contributed by atoms with Crippen LogP contribution in [0.5, 0.6) is 0 Å². The number of rotatable bonds is 5. The summed E-state index contributed by atoms with van der Waals surface area (Å²) >= 11 is 5.75. The van der Waals surface area contributed by atoms with Crippen molar-refractivity contribution in [3.63, 3.8) is 0 Å². The van der Waals surface area contributed by atoms with Crippen LogP contribution in [0.1, 0.15) is 13.8 Å². The Morgan fingerprint density at radius 2 is 1.48 bits per heavy atom. The van der Waals surface area contributed by atoms with Crippen LogP contribution in [0.15, 0.2) is 53.4 Å². The van der Waals surface area contributed by atoms with Gasteiger partial charge in [-0.2, -0.15) is 0 Å². The van der Waals surface area contributed by atoms with Gasteiger partial charge in [0.2, 0.25) is 5.91 Å². The van der Waals surface area contributed by atoms with Gasteiger partial charge in [0.1, 0.15) is 0 Å². The van der Waals surface area contributed by atoms with E-state index in [0.29, 0.717) is 16.4 Å². The minimum absolute atomic E-state index is 0.0977. The predicted octanol–water partition coefficient (Wildman–Crippen LogP) is 3.74. The second kappa shape index (κ2) is 7.02. The summed E-state index contributed by atoms with van der Waals surface area (Å²) in [5.41, 5.74) is 1.01. The zero-order chi connectivity index (χ0) is 17.0. The zero-order valence-electron chi connectivity index (χ0n) is 12.7. The van der Waals surface area contributed by atoms with Gasteiger partial charge in [0, 0.05) is 22.3 Å². The highest BCUT2D eigenvalue weighted by Crippen LogP contribution is 2.20. The van der Waals surface area contributed by atoms with Gasteiger partial charge in [-0.3, -0.25) is 9.52 Å². The van der Waals surface area contributed by atoms with Crippen LogP contribution in [0.2, 0.25) is 5.02 Å². The third-order valence-corrected chi connectivity index (χ3v) is 4.70. The van der Waals surface area contributed by atoms with E-state index in [9.17, 15) is 13.2 Å². The average Bonchev–Trinajstić information content (AvgIpc) is 2.49. The number of sulfonamides is 1. The minimum atomic E-state index is -3.68. The van der Waals surface area contributed by atoms with Crippen molar-refractivity contribution in [3.8, 4) is 0 Å². The summed E-state index contributed by atoms with van der Waals surface area (Å²) < 4.78 is 27.0. The minimum Gasteiger partial charge on any atom is -0.326 e. The van der Waals surface area contributed by atoms with Crippen molar-refractivity contribution < 1.29 is 13.2 Å². The quantitative estimate of drug-likeness (QED) is 0.860. The van der Waals surface area contributed by atoms with Crippen LogP contribution in [0.3, 0.4) is 0 Å². The number of carbonyl (C=O) groups excluding carboxylic acids is 1. The molecule has 0 saturated heterocycles. The fourth-order valence-electron chi connectivity index (χ4n) is 1.74. The standard InChI is InChI=1S/C16H17ClN2O3S/c1-11(2)16(20)18-13-5-7-14(8-6-13)19-23(21,22)15-9-3-12(17)4-10-15/h3-11,19H,1-2H3,(H,18,20). The Kier molecular flexibility index (Phi) is 5.28. The van der Waals surface area contributed by atoms with E-state index in [0.717, 1.165) is 0 Å². The first-order valence-corrected chi connectivity index (χ1v) is 8.83. The van der Waals surface area contributed by atoms with Crippen molar-refractivity contribution in [2.24, 2.45) is 5.92 Å². The summed E-state index contributed by atoms with van der Waals surface area (Å²) in [5.74, 6) is -0.224. The molecule has 0 atom stereocenters. The molecule has 0 aliphatic heterocycles. The molecule has 0 spiro atoms. The molecule has 2 rings (SSSR count). The smallest absolute Gasteiger partial charge is 0.261 e. The van der Waals surface area contributed by atoms with Gasteiger partial charge in [-0.25, -0.2) is 8.42 Å². The number of hydrogen-bond acceptors (Lipinski definition) is 3. The Labute approximate surface area is 140 Å². The van der Waals surface area contributed by atoms with Gasteiger partial charge >= 0.3 is 0 Å². The molecule has 0 aromatic heterocycles. The maximum Gasteiger partial charge on any atom is 0.261 e.